The van der Waals surface area contributed by atoms with E-state index in [2.05, 4.69) is 6.07 Å². The summed E-state index contributed by atoms with van der Waals surface area (Å²) in [5, 5.41) is 10.5. The number of carbonyl (C=O) groups is 2. The first-order valence-corrected chi connectivity index (χ1v) is 11.6. The van der Waals surface area contributed by atoms with Gasteiger partial charge in [-0.3, -0.25) is 14.5 Å². The summed E-state index contributed by atoms with van der Waals surface area (Å²) in [5.74, 6) is -0.608. The highest BCUT2D eigenvalue weighted by Crippen LogP contribution is 2.43. The molecule has 0 spiro atoms. The summed E-state index contributed by atoms with van der Waals surface area (Å²) in [7, 11) is 0. The third-order valence-electron chi connectivity index (χ3n) is 5.24. The molecule has 6 nitrogen and oxygen atoms in total. The number of morpholine rings is 1. The van der Waals surface area contributed by atoms with Gasteiger partial charge in [0.1, 0.15) is 16.7 Å². The van der Waals surface area contributed by atoms with E-state index in [0.29, 0.717) is 53.5 Å². The molecule has 2 saturated heterocycles. The minimum absolute atomic E-state index is 0.0474. The second-order valence-electron chi connectivity index (χ2n) is 7.23. The van der Waals surface area contributed by atoms with Gasteiger partial charge < -0.3 is 9.64 Å². The van der Waals surface area contributed by atoms with Crippen molar-refractivity contribution >= 4 is 52.5 Å². The van der Waals surface area contributed by atoms with Gasteiger partial charge in [0.2, 0.25) is 5.91 Å². The molecule has 0 saturated carbocycles. The van der Waals surface area contributed by atoms with Crippen LogP contribution in [0.5, 0.6) is 0 Å². The summed E-state index contributed by atoms with van der Waals surface area (Å²) in [6, 6.07) is 16.4. The van der Waals surface area contributed by atoms with Gasteiger partial charge in [0.05, 0.1) is 28.5 Å². The van der Waals surface area contributed by atoms with E-state index in [1.165, 1.54) is 16.7 Å². The molecule has 9 heteroatoms. The minimum Gasteiger partial charge on any atom is -0.378 e. The maximum Gasteiger partial charge on any atom is 0.267 e. The number of benzene rings is 2. The molecule has 2 amide bonds. The van der Waals surface area contributed by atoms with Crippen molar-refractivity contribution in [2.75, 3.05) is 31.2 Å². The molecule has 32 heavy (non-hydrogen) atoms. The fraction of sp³-hybridized carbons (Fsp3) is 0.261. The predicted octanol–water partition coefficient (Wildman–Crippen LogP) is 4.28. The maximum absolute atomic E-state index is 13.5. The molecule has 2 heterocycles. The number of rotatable bonds is 4. The molecule has 4 rings (SSSR count). The van der Waals surface area contributed by atoms with Crippen molar-refractivity contribution in [3.05, 3.63) is 74.7 Å². The van der Waals surface area contributed by atoms with Gasteiger partial charge in [-0.05, 0) is 30.2 Å². The molecule has 2 aromatic carbocycles. The van der Waals surface area contributed by atoms with E-state index in [-0.39, 0.29) is 11.5 Å². The predicted molar refractivity (Wildman–Crippen MR) is 126 cm³/mol. The molecule has 0 aliphatic carbocycles. The summed E-state index contributed by atoms with van der Waals surface area (Å²) >= 11 is 13.7. The van der Waals surface area contributed by atoms with Crippen LogP contribution in [0.4, 0.5) is 5.69 Å². The number of halogens is 2. The van der Waals surface area contributed by atoms with Crippen LogP contribution in [-0.2, 0) is 20.7 Å². The van der Waals surface area contributed by atoms with Crippen LogP contribution in [-0.4, -0.2) is 48.3 Å². The van der Waals surface area contributed by atoms with E-state index in [4.69, 9.17) is 27.9 Å². The Morgan fingerprint density at radius 1 is 1.12 bits per heavy atom. The number of amides is 2. The molecule has 0 aromatic heterocycles. The van der Waals surface area contributed by atoms with Crippen molar-refractivity contribution in [1.82, 2.24) is 4.90 Å². The van der Waals surface area contributed by atoms with Crippen molar-refractivity contribution < 1.29 is 14.3 Å². The smallest absolute Gasteiger partial charge is 0.267 e. The molecule has 2 aliphatic rings. The van der Waals surface area contributed by atoms with E-state index in [0.717, 1.165) is 5.56 Å². The molecule has 2 aliphatic heterocycles. The number of hydrogen-bond acceptors (Lipinski definition) is 5. The molecule has 0 N–H and O–H groups in total. The second kappa shape index (κ2) is 9.97. The van der Waals surface area contributed by atoms with Crippen molar-refractivity contribution in [2.45, 2.75) is 11.7 Å². The zero-order chi connectivity index (χ0) is 22.7. The summed E-state index contributed by atoms with van der Waals surface area (Å²) in [6.45, 7) is 1.65. The van der Waals surface area contributed by atoms with Crippen LogP contribution in [0.15, 0.2) is 59.1 Å². The van der Waals surface area contributed by atoms with Crippen molar-refractivity contribution in [3.8, 4) is 6.07 Å². The highest BCUT2D eigenvalue weighted by Gasteiger charge is 2.41. The first kappa shape index (κ1) is 22.7. The normalized spacial score (nSPS) is 20.3. The average Bonchev–Trinajstić information content (AvgIpc) is 3.14. The van der Waals surface area contributed by atoms with E-state index >= 15 is 0 Å². The molecule has 0 radical (unpaired) electrons. The number of anilines is 1. The van der Waals surface area contributed by atoms with Crippen molar-refractivity contribution in [3.63, 3.8) is 0 Å². The number of ether oxygens (including phenoxy) is 1. The van der Waals surface area contributed by atoms with Gasteiger partial charge in [0.15, 0.2) is 0 Å². The number of para-hydroxylation sites is 1. The zero-order valence-corrected chi connectivity index (χ0v) is 19.3. The fourth-order valence-corrected chi connectivity index (χ4v) is 5.31. The molecular weight excluding hydrogens is 469 g/mol. The minimum atomic E-state index is -0.554. The van der Waals surface area contributed by atoms with Gasteiger partial charge in [-0.15, -0.1) is 0 Å². The van der Waals surface area contributed by atoms with Crippen LogP contribution < -0.4 is 4.90 Å². The lowest BCUT2D eigenvalue weighted by atomic mass is 10.1. The first-order valence-electron chi connectivity index (χ1n) is 10.0. The van der Waals surface area contributed by atoms with Crippen LogP contribution >= 0.6 is 35.0 Å². The van der Waals surface area contributed by atoms with Gasteiger partial charge in [0, 0.05) is 18.8 Å². The Morgan fingerprint density at radius 3 is 2.53 bits per heavy atom. The second-order valence-corrected chi connectivity index (χ2v) is 9.21. The molecule has 1 atom stereocenters. The Bertz CT molecular complexity index is 1110. The third kappa shape index (κ3) is 4.50. The van der Waals surface area contributed by atoms with E-state index in [1.54, 1.807) is 29.2 Å². The van der Waals surface area contributed by atoms with Gasteiger partial charge >= 0.3 is 0 Å². The Balaban J connectivity index is 1.74. The van der Waals surface area contributed by atoms with Gasteiger partial charge in [-0.1, -0.05) is 65.3 Å². The van der Waals surface area contributed by atoms with Gasteiger partial charge in [-0.25, -0.2) is 0 Å². The van der Waals surface area contributed by atoms with E-state index in [9.17, 15) is 14.9 Å². The van der Waals surface area contributed by atoms with E-state index < -0.39 is 11.2 Å². The quantitative estimate of drug-likeness (QED) is 0.475. The molecular formula is C23H19Cl2N3O3S. The Kier molecular flexibility index (Phi) is 7.07. The Labute approximate surface area is 200 Å². The molecule has 2 aromatic rings. The number of thioether (sulfide) groups is 1. The zero-order valence-electron chi connectivity index (χ0n) is 17.0. The van der Waals surface area contributed by atoms with E-state index in [1.807, 2.05) is 24.3 Å². The third-order valence-corrected chi connectivity index (χ3v) is 7.36. The maximum atomic E-state index is 13.5. The number of hydrogen-bond donors (Lipinski definition) is 0. The lowest BCUT2D eigenvalue weighted by Crippen LogP contribution is -2.42. The lowest BCUT2D eigenvalue weighted by molar-refractivity contribution is -0.130. The van der Waals surface area contributed by atoms with Gasteiger partial charge in [-0.2, -0.15) is 5.26 Å². The van der Waals surface area contributed by atoms with Gasteiger partial charge in [0.25, 0.3) is 5.91 Å². The Hall–Kier alpha value is -2.50. The van der Waals surface area contributed by atoms with Crippen molar-refractivity contribution in [1.29, 1.82) is 5.26 Å². The van der Waals surface area contributed by atoms with Crippen LogP contribution in [0.3, 0.4) is 0 Å². The van der Waals surface area contributed by atoms with Crippen LogP contribution in [0.25, 0.3) is 0 Å². The topological polar surface area (TPSA) is 73.6 Å². The SMILES string of the molecule is N#C/C(C(=O)N1CCOCC1)=C1\S[C@@H](Cc2cccc(Cl)c2Cl)C(=O)N1c1ccccc1. The summed E-state index contributed by atoms with van der Waals surface area (Å²) in [6.07, 6.45) is 0.320. The largest absolute Gasteiger partial charge is 0.378 e. The molecule has 164 valence electrons. The fourth-order valence-electron chi connectivity index (χ4n) is 3.62. The van der Waals surface area contributed by atoms with Crippen LogP contribution in [0, 0.1) is 11.3 Å². The Morgan fingerprint density at radius 2 is 1.84 bits per heavy atom. The first-order chi connectivity index (χ1) is 15.5. The van der Waals surface area contributed by atoms with Crippen molar-refractivity contribution in [2.24, 2.45) is 0 Å². The van der Waals surface area contributed by atoms with Crippen LogP contribution in [0.1, 0.15) is 5.56 Å². The molecule has 2 fully saturated rings. The molecule has 0 unspecified atom stereocenters. The average molecular weight is 488 g/mol. The van der Waals surface area contributed by atoms with Crippen LogP contribution in [0.2, 0.25) is 10.0 Å². The number of nitrogens with zero attached hydrogens (tertiary/aromatic N) is 3. The summed E-state index contributed by atoms with van der Waals surface area (Å²) in [4.78, 5) is 29.7. The highest BCUT2D eigenvalue weighted by molar-refractivity contribution is 8.05. The summed E-state index contributed by atoms with van der Waals surface area (Å²) in [5.41, 5.74) is 1.29. The lowest BCUT2D eigenvalue weighted by Gasteiger charge is -2.27. The summed E-state index contributed by atoms with van der Waals surface area (Å²) < 4.78 is 5.31. The monoisotopic (exact) mass is 487 g/mol. The highest BCUT2D eigenvalue weighted by atomic mass is 35.5. The number of nitriles is 1. The standard InChI is InChI=1S/C23H19Cl2N3O3S/c24-18-8-4-5-15(20(18)25)13-19-22(30)28(16-6-2-1-3-7-16)23(32-19)17(14-26)21(29)27-9-11-31-12-10-27/h1-8,19H,9-13H2/b23-17+/t19-/m0/s1. The number of carbonyl (C=O) groups excluding carboxylic acids is 2. The molecule has 0 bridgehead atoms.